The molecule has 3 atom stereocenters. The number of carbonyl (C=O) groups excluding carboxylic acids is 1. The van der Waals surface area contributed by atoms with Crippen LogP contribution in [0.15, 0.2) is 36.9 Å². The molecule has 0 N–H and O–H groups in total. The number of likely N-dealkylation sites (tertiary alicyclic amines) is 1. The van der Waals surface area contributed by atoms with E-state index in [1.165, 1.54) is 29.2 Å². The number of hydrogen-bond donors (Lipinski definition) is 0. The van der Waals surface area contributed by atoms with Crippen LogP contribution in [0, 0.1) is 16.7 Å². The van der Waals surface area contributed by atoms with Crippen LogP contribution in [0.5, 0.6) is 6.01 Å². The van der Waals surface area contributed by atoms with Gasteiger partial charge in [-0.05, 0) is 81.2 Å². The lowest BCUT2D eigenvalue weighted by Gasteiger charge is -2.41. The highest BCUT2D eigenvalue weighted by molar-refractivity contribution is 5.87. The first-order valence-electron chi connectivity index (χ1n) is 14.3. The zero-order valence-electron chi connectivity index (χ0n) is 22.9. The van der Waals surface area contributed by atoms with Crippen molar-refractivity contribution in [2.75, 3.05) is 44.7 Å². The maximum Gasteiger partial charge on any atom is 0.318 e. The minimum Gasteiger partial charge on any atom is -0.462 e. The van der Waals surface area contributed by atoms with Crippen molar-refractivity contribution in [1.29, 1.82) is 5.26 Å². The minimum atomic E-state index is -0.201. The number of hydrogen-bond acceptors (Lipinski definition) is 7. The van der Waals surface area contributed by atoms with Gasteiger partial charge in [0.25, 0.3) is 0 Å². The van der Waals surface area contributed by atoms with Crippen molar-refractivity contribution >= 4 is 11.7 Å². The number of fused-ring (bicyclic) bond motifs is 2. The lowest BCUT2D eigenvalue weighted by atomic mass is 9.70. The van der Waals surface area contributed by atoms with Crippen molar-refractivity contribution in [3.8, 4) is 12.1 Å². The quantitative estimate of drug-likeness (QED) is 0.534. The lowest BCUT2D eigenvalue weighted by Crippen LogP contribution is -2.55. The smallest absolute Gasteiger partial charge is 0.318 e. The number of rotatable bonds is 6. The number of amides is 1. The molecule has 0 saturated carbocycles. The van der Waals surface area contributed by atoms with E-state index in [1.807, 2.05) is 0 Å². The first kappa shape index (κ1) is 25.8. The van der Waals surface area contributed by atoms with Gasteiger partial charge in [0.1, 0.15) is 12.4 Å². The van der Waals surface area contributed by atoms with Crippen LogP contribution in [0.3, 0.4) is 0 Å². The largest absolute Gasteiger partial charge is 0.462 e. The normalized spacial score (nSPS) is 26.3. The molecule has 8 heteroatoms. The topological polar surface area (TPSA) is 85.6 Å². The van der Waals surface area contributed by atoms with Gasteiger partial charge in [0.2, 0.25) is 5.91 Å². The van der Waals surface area contributed by atoms with Crippen LogP contribution in [0.2, 0.25) is 0 Å². The summed E-state index contributed by atoms with van der Waals surface area (Å²) < 4.78 is 6.28. The number of nitriles is 1. The van der Waals surface area contributed by atoms with Crippen molar-refractivity contribution in [2.24, 2.45) is 5.41 Å². The maximum atomic E-state index is 12.5. The highest BCUT2D eigenvalue weighted by atomic mass is 16.5. The molecular weight excluding hydrogens is 488 g/mol. The number of anilines is 1. The molecule has 2 aliphatic heterocycles. The first-order chi connectivity index (χ1) is 19.0. The summed E-state index contributed by atoms with van der Waals surface area (Å²) in [5.41, 5.74) is 5.40. The van der Waals surface area contributed by atoms with E-state index in [0.717, 1.165) is 56.6 Å². The van der Waals surface area contributed by atoms with Crippen molar-refractivity contribution < 1.29 is 9.53 Å². The molecule has 3 heterocycles. The Bertz CT molecular complexity index is 1300. The van der Waals surface area contributed by atoms with Gasteiger partial charge in [0.05, 0.1) is 24.2 Å². The Labute approximate surface area is 231 Å². The SMILES string of the molecule is C=CC(=O)N1CCN(c2nc(OC[C@@H]3CCCN3C)nc3c2C[C@]2(CCc4ccccc4C2)C3)C[C@@H]1CC#N. The van der Waals surface area contributed by atoms with Crippen LogP contribution in [0.1, 0.15) is 48.1 Å². The Kier molecular flexibility index (Phi) is 7.03. The zero-order chi connectivity index (χ0) is 27.0. The summed E-state index contributed by atoms with van der Waals surface area (Å²) in [6, 6.07) is 11.8. The summed E-state index contributed by atoms with van der Waals surface area (Å²) >= 11 is 0. The molecule has 6 rings (SSSR count). The van der Waals surface area contributed by atoms with Crippen LogP contribution in [0.4, 0.5) is 5.82 Å². The number of piperazine rings is 1. The van der Waals surface area contributed by atoms with Gasteiger partial charge in [-0.1, -0.05) is 30.8 Å². The second-order valence-corrected chi connectivity index (χ2v) is 11.8. The van der Waals surface area contributed by atoms with E-state index in [9.17, 15) is 10.1 Å². The predicted molar refractivity (Wildman–Crippen MR) is 150 cm³/mol. The summed E-state index contributed by atoms with van der Waals surface area (Å²) in [7, 11) is 2.15. The van der Waals surface area contributed by atoms with Crippen LogP contribution in [0.25, 0.3) is 0 Å². The van der Waals surface area contributed by atoms with E-state index in [2.05, 4.69) is 53.8 Å². The van der Waals surface area contributed by atoms with Gasteiger partial charge in [-0.25, -0.2) is 0 Å². The van der Waals surface area contributed by atoms with Crippen LogP contribution in [-0.4, -0.2) is 77.6 Å². The number of aromatic nitrogens is 2. The number of nitrogens with zero attached hydrogens (tertiary/aromatic N) is 6. The number of aryl methyl sites for hydroxylation is 1. The van der Waals surface area contributed by atoms with Gasteiger partial charge in [-0.15, -0.1) is 0 Å². The molecule has 2 aliphatic carbocycles. The average molecular weight is 527 g/mol. The third kappa shape index (κ3) is 5.00. The molecule has 2 fully saturated rings. The zero-order valence-corrected chi connectivity index (χ0v) is 22.9. The number of likely N-dealkylation sites (N-methyl/N-ethyl adjacent to an activating group) is 1. The fourth-order valence-electron chi connectivity index (χ4n) is 7.20. The van der Waals surface area contributed by atoms with E-state index in [-0.39, 0.29) is 23.8 Å². The molecule has 4 aliphatic rings. The number of benzene rings is 1. The van der Waals surface area contributed by atoms with E-state index in [4.69, 9.17) is 14.7 Å². The average Bonchev–Trinajstić information content (AvgIpc) is 3.53. The first-order valence-corrected chi connectivity index (χ1v) is 14.3. The highest BCUT2D eigenvalue weighted by Crippen LogP contribution is 2.48. The van der Waals surface area contributed by atoms with Gasteiger partial charge in [-0.2, -0.15) is 15.2 Å². The molecule has 0 unspecified atom stereocenters. The Hall–Kier alpha value is -3.44. The minimum absolute atomic E-state index is 0.118. The van der Waals surface area contributed by atoms with E-state index in [1.54, 1.807) is 4.90 Å². The molecule has 2 saturated heterocycles. The van der Waals surface area contributed by atoms with Gasteiger partial charge in [-0.3, -0.25) is 4.79 Å². The second-order valence-electron chi connectivity index (χ2n) is 11.8. The van der Waals surface area contributed by atoms with Crippen molar-refractivity contribution in [1.82, 2.24) is 19.8 Å². The van der Waals surface area contributed by atoms with Gasteiger partial charge >= 0.3 is 6.01 Å². The van der Waals surface area contributed by atoms with E-state index < -0.39 is 0 Å². The Morgan fingerprint density at radius 3 is 2.79 bits per heavy atom. The van der Waals surface area contributed by atoms with Crippen LogP contribution in [-0.2, 0) is 30.5 Å². The Balaban J connectivity index is 1.31. The van der Waals surface area contributed by atoms with Crippen molar-refractivity contribution in [3.05, 3.63) is 59.3 Å². The Morgan fingerprint density at radius 1 is 1.18 bits per heavy atom. The summed E-state index contributed by atoms with van der Waals surface area (Å²) in [4.78, 5) is 28.9. The molecule has 1 aromatic carbocycles. The summed E-state index contributed by atoms with van der Waals surface area (Å²) in [5, 5.41) is 9.51. The standard InChI is InChI=1S/C31H38N6O2/c1-3-28(38)37-16-15-36(20-24(37)11-13-32)29-26-18-31(12-10-22-7-4-5-8-23(22)17-31)19-27(26)33-30(34-29)39-21-25-9-6-14-35(25)2/h3-5,7-8,24-25H,1,6,9-12,14-21H2,2H3/t24-,25-,31+/m0/s1. The molecule has 1 amide bonds. The molecule has 2 aromatic rings. The number of carbonyl (C=O) groups is 1. The molecule has 1 spiro atoms. The second kappa shape index (κ2) is 10.6. The lowest BCUT2D eigenvalue weighted by molar-refractivity contribution is -0.128. The van der Waals surface area contributed by atoms with E-state index >= 15 is 0 Å². The third-order valence-electron chi connectivity index (χ3n) is 9.40. The third-order valence-corrected chi connectivity index (χ3v) is 9.40. The predicted octanol–water partition coefficient (Wildman–Crippen LogP) is 3.34. The Morgan fingerprint density at radius 2 is 2.03 bits per heavy atom. The van der Waals surface area contributed by atoms with Gasteiger partial charge in [0.15, 0.2) is 0 Å². The molecule has 0 radical (unpaired) electrons. The monoisotopic (exact) mass is 526 g/mol. The summed E-state index contributed by atoms with van der Waals surface area (Å²) in [6.45, 7) is 7.11. The van der Waals surface area contributed by atoms with Crippen LogP contribution >= 0.6 is 0 Å². The molecule has 39 heavy (non-hydrogen) atoms. The summed E-state index contributed by atoms with van der Waals surface area (Å²) in [6.07, 6.45) is 9.12. The van der Waals surface area contributed by atoms with Crippen molar-refractivity contribution in [3.63, 3.8) is 0 Å². The molecule has 204 valence electrons. The molecule has 0 bridgehead atoms. The fraction of sp³-hybridized carbons (Fsp3) is 0.548. The molecule has 1 aromatic heterocycles. The number of ether oxygens (including phenoxy) is 1. The van der Waals surface area contributed by atoms with Gasteiger partial charge in [0, 0.05) is 31.2 Å². The maximum absolute atomic E-state index is 12.5. The van der Waals surface area contributed by atoms with Crippen molar-refractivity contribution in [2.45, 2.75) is 63.5 Å². The van der Waals surface area contributed by atoms with Crippen LogP contribution < -0.4 is 9.64 Å². The van der Waals surface area contributed by atoms with Gasteiger partial charge < -0.3 is 19.4 Å². The summed E-state index contributed by atoms with van der Waals surface area (Å²) in [5.74, 6) is 0.812. The highest BCUT2D eigenvalue weighted by Gasteiger charge is 2.43. The van der Waals surface area contributed by atoms with E-state index in [0.29, 0.717) is 38.3 Å². The molecular formula is C31H38N6O2. The molecule has 8 nitrogen and oxygen atoms in total. The fourth-order valence-corrected chi connectivity index (χ4v) is 7.20.